The maximum atomic E-state index is 13.0. The van der Waals surface area contributed by atoms with E-state index in [1.165, 1.54) is 50.9 Å². The molecule has 1 fully saturated rings. The molecule has 152 valence electrons. The first-order valence-electron chi connectivity index (χ1n) is 9.68. The second kappa shape index (κ2) is 9.79. The largest absolute Gasteiger partial charge is 0.465 e. The van der Waals surface area contributed by atoms with E-state index in [4.69, 9.17) is 15.7 Å². The van der Waals surface area contributed by atoms with Gasteiger partial charge in [0.05, 0.1) is 18.4 Å². The number of nitriles is 1. The second-order valence-corrected chi connectivity index (χ2v) is 6.97. The highest BCUT2D eigenvalue weighted by Crippen LogP contribution is 2.26. The van der Waals surface area contributed by atoms with Crippen LogP contribution in [0.3, 0.4) is 0 Å². The number of pyridine rings is 1. The van der Waals surface area contributed by atoms with Crippen molar-refractivity contribution in [2.24, 2.45) is 0 Å². The minimum Gasteiger partial charge on any atom is -0.465 e. The van der Waals surface area contributed by atoms with Crippen LogP contribution in [0, 0.1) is 17.0 Å². The monoisotopic (exact) mass is 405 g/mol. The molecule has 1 saturated heterocycles. The molecular weight excluding hydrogens is 384 g/mol. The first-order chi connectivity index (χ1) is 14.5. The molecule has 30 heavy (non-hydrogen) atoms. The van der Waals surface area contributed by atoms with E-state index in [2.05, 4.69) is 20.9 Å². The summed E-state index contributed by atoms with van der Waals surface area (Å²) < 4.78 is 17.8. The molecule has 9 heteroatoms. The summed E-state index contributed by atoms with van der Waals surface area (Å²) >= 11 is 0. The fraction of sp³-hybridized carbons (Fsp3) is 0.286. The average Bonchev–Trinajstić information content (AvgIpc) is 2.80. The maximum absolute atomic E-state index is 13.0. The van der Waals surface area contributed by atoms with Crippen molar-refractivity contribution in [3.05, 3.63) is 48.0 Å². The highest BCUT2D eigenvalue weighted by atomic mass is 19.1. The molecule has 1 aromatic carbocycles. The lowest BCUT2D eigenvalue weighted by Crippen LogP contribution is -2.12. The van der Waals surface area contributed by atoms with Gasteiger partial charge in [0.1, 0.15) is 23.2 Å². The van der Waals surface area contributed by atoms with Gasteiger partial charge >= 0.3 is 5.97 Å². The third-order valence-electron chi connectivity index (χ3n) is 4.95. The molecule has 3 heterocycles. The van der Waals surface area contributed by atoms with Crippen molar-refractivity contribution in [3.8, 4) is 17.2 Å². The number of nitrogen functional groups attached to an aromatic ring is 1. The standard InChI is InChI=1S/C15H11FN4O2.C6H10BN/c1-22-15(21)10-6-11(8-2-4-9(16)5-3-8)20-13-12(10)18-7-19-14(13)17;8-6-7-4-2-1-3-5-7/h2-7H,1H3,(H2,17,18,19);1-5H2. The Morgan fingerprint density at radius 2 is 1.87 bits per heavy atom. The van der Waals surface area contributed by atoms with Gasteiger partial charge in [0.2, 0.25) is 0 Å². The van der Waals surface area contributed by atoms with Crippen LogP contribution in [-0.4, -0.2) is 34.7 Å². The van der Waals surface area contributed by atoms with Crippen molar-refractivity contribution in [2.75, 3.05) is 12.8 Å². The number of benzene rings is 1. The number of hydrogen-bond acceptors (Lipinski definition) is 7. The number of fused-ring (bicyclic) bond motifs is 1. The van der Waals surface area contributed by atoms with Crippen LogP contribution in [0.15, 0.2) is 36.7 Å². The van der Waals surface area contributed by atoms with Crippen molar-refractivity contribution in [1.82, 2.24) is 15.0 Å². The summed E-state index contributed by atoms with van der Waals surface area (Å²) in [5.74, 6) is 1.53. The van der Waals surface area contributed by atoms with Crippen molar-refractivity contribution in [1.29, 1.82) is 5.26 Å². The lowest BCUT2D eigenvalue weighted by Gasteiger charge is -2.09. The molecule has 0 saturated carbocycles. The van der Waals surface area contributed by atoms with Gasteiger partial charge in [0.25, 0.3) is 6.71 Å². The molecule has 2 aromatic heterocycles. The Hall–Kier alpha value is -3.54. The molecule has 0 amide bonds. The lowest BCUT2D eigenvalue weighted by molar-refractivity contribution is 0.0602. The molecule has 1 aliphatic heterocycles. The van der Waals surface area contributed by atoms with Crippen molar-refractivity contribution < 1.29 is 13.9 Å². The maximum Gasteiger partial charge on any atom is 0.340 e. The highest BCUT2D eigenvalue weighted by Gasteiger charge is 2.18. The number of carbonyl (C=O) groups excluding carboxylic acids is 1. The Labute approximate surface area is 174 Å². The summed E-state index contributed by atoms with van der Waals surface area (Å²) in [6, 6.07) is 7.27. The number of hydrogen-bond donors (Lipinski definition) is 1. The van der Waals surface area contributed by atoms with E-state index in [0.717, 1.165) is 12.6 Å². The summed E-state index contributed by atoms with van der Waals surface area (Å²) in [7, 11) is 1.27. The van der Waals surface area contributed by atoms with E-state index < -0.39 is 5.97 Å². The van der Waals surface area contributed by atoms with Gasteiger partial charge in [-0.3, -0.25) is 0 Å². The molecule has 0 atom stereocenters. The van der Waals surface area contributed by atoms with Gasteiger partial charge in [0, 0.05) is 11.5 Å². The van der Waals surface area contributed by atoms with Crippen LogP contribution in [0.1, 0.15) is 29.6 Å². The van der Waals surface area contributed by atoms with E-state index >= 15 is 0 Å². The number of aromatic nitrogens is 3. The van der Waals surface area contributed by atoms with E-state index in [1.807, 2.05) is 0 Å². The number of methoxy groups -OCH3 is 1. The number of nitrogens with zero attached hydrogens (tertiary/aromatic N) is 4. The molecule has 0 spiro atoms. The minimum absolute atomic E-state index is 0.152. The number of anilines is 1. The Balaban J connectivity index is 0.000000269. The number of nitrogens with two attached hydrogens (primary N) is 1. The molecule has 0 unspecified atom stereocenters. The summed E-state index contributed by atoms with van der Waals surface area (Å²) in [6.07, 6.45) is 7.45. The zero-order valence-corrected chi connectivity index (χ0v) is 16.6. The van der Waals surface area contributed by atoms with E-state index in [-0.39, 0.29) is 17.2 Å². The lowest BCUT2D eigenvalue weighted by atomic mass is 9.43. The van der Waals surface area contributed by atoms with Crippen molar-refractivity contribution >= 4 is 29.5 Å². The van der Waals surface area contributed by atoms with Gasteiger partial charge in [-0.2, -0.15) is 0 Å². The number of ether oxygens (including phenoxy) is 1. The summed E-state index contributed by atoms with van der Waals surface area (Å²) in [4.78, 5) is 24.3. The molecule has 4 rings (SSSR count). The van der Waals surface area contributed by atoms with Crippen LogP contribution in [-0.2, 0) is 4.74 Å². The fourth-order valence-electron chi connectivity index (χ4n) is 3.32. The molecular formula is C21H21BFN5O2. The molecule has 2 N–H and O–H groups in total. The van der Waals surface area contributed by atoms with Gasteiger partial charge in [-0.15, -0.1) is 0 Å². The van der Waals surface area contributed by atoms with Crippen LogP contribution in [0.2, 0.25) is 12.6 Å². The highest BCUT2D eigenvalue weighted by molar-refractivity contribution is 6.66. The van der Waals surface area contributed by atoms with Crippen LogP contribution in [0.5, 0.6) is 0 Å². The van der Waals surface area contributed by atoms with Gasteiger partial charge in [-0.1, -0.05) is 31.9 Å². The van der Waals surface area contributed by atoms with Crippen LogP contribution < -0.4 is 5.73 Å². The Morgan fingerprint density at radius 1 is 1.17 bits per heavy atom. The number of halogens is 1. The zero-order valence-electron chi connectivity index (χ0n) is 16.6. The first kappa shape index (κ1) is 21.2. The molecule has 0 radical (unpaired) electrons. The SMILES string of the molecule is COC(=O)c1cc(-c2ccc(F)cc2)nc2c(N)ncnc12.N#CB1CCCCC1. The summed E-state index contributed by atoms with van der Waals surface area (Å²) in [5, 5.41) is 8.44. The zero-order chi connectivity index (χ0) is 21.5. The summed E-state index contributed by atoms with van der Waals surface area (Å²) in [5.41, 5.74) is 7.73. The number of esters is 1. The minimum atomic E-state index is -0.561. The van der Waals surface area contributed by atoms with Crippen LogP contribution >= 0.6 is 0 Å². The normalized spacial score (nSPS) is 13.2. The topological polar surface area (TPSA) is 115 Å². The molecule has 7 nitrogen and oxygen atoms in total. The van der Waals surface area contributed by atoms with E-state index in [1.54, 1.807) is 12.1 Å². The van der Waals surface area contributed by atoms with E-state index in [9.17, 15) is 9.18 Å². The predicted molar refractivity (Wildman–Crippen MR) is 113 cm³/mol. The smallest absolute Gasteiger partial charge is 0.340 e. The molecule has 1 aliphatic rings. The third-order valence-corrected chi connectivity index (χ3v) is 4.95. The Kier molecular flexibility index (Phi) is 6.91. The van der Waals surface area contributed by atoms with Gasteiger partial charge < -0.3 is 10.5 Å². The van der Waals surface area contributed by atoms with Crippen LogP contribution in [0.25, 0.3) is 22.3 Å². The van der Waals surface area contributed by atoms with Gasteiger partial charge in [-0.25, -0.2) is 29.4 Å². The number of rotatable bonds is 2. The quantitative estimate of drug-likeness (QED) is 0.507. The summed E-state index contributed by atoms with van der Waals surface area (Å²) in [6.45, 7) is 0.392. The van der Waals surface area contributed by atoms with Gasteiger partial charge in [0.15, 0.2) is 5.82 Å². The Bertz CT molecular complexity index is 1080. The van der Waals surface area contributed by atoms with Crippen molar-refractivity contribution in [2.45, 2.75) is 31.9 Å². The van der Waals surface area contributed by atoms with Crippen molar-refractivity contribution in [3.63, 3.8) is 0 Å². The number of carbonyl (C=O) groups is 1. The second-order valence-electron chi connectivity index (χ2n) is 6.97. The van der Waals surface area contributed by atoms with E-state index in [0.29, 0.717) is 29.0 Å². The predicted octanol–water partition coefficient (Wildman–Crippen LogP) is 3.93. The third kappa shape index (κ3) is 4.89. The Morgan fingerprint density at radius 3 is 2.47 bits per heavy atom. The molecule has 3 aromatic rings. The van der Waals surface area contributed by atoms with Gasteiger partial charge in [-0.05, 0) is 30.3 Å². The average molecular weight is 405 g/mol. The molecule has 0 aliphatic carbocycles. The fourth-order valence-corrected chi connectivity index (χ4v) is 3.32. The molecule has 0 bridgehead atoms. The van der Waals surface area contributed by atoms with Crippen LogP contribution in [0.4, 0.5) is 10.2 Å². The first-order valence-corrected chi connectivity index (χ1v) is 9.68.